The molecule has 3 nitrogen and oxygen atoms in total. The first-order valence-electron chi connectivity index (χ1n) is 8.63. The van der Waals surface area contributed by atoms with Crippen LogP contribution in [0.3, 0.4) is 0 Å². The molecule has 1 fully saturated rings. The molecule has 0 radical (unpaired) electrons. The first kappa shape index (κ1) is 17.3. The van der Waals surface area contributed by atoms with Crippen molar-refractivity contribution in [1.29, 1.82) is 0 Å². The van der Waals surface area contributed by atoms with Crippen molar-refractivity contribution in [3.05, 3.63) is 72.3 Å². The monoisotopic (exact) mass is 336 g/mol. The molecule has 0 saturated heterocycles. The third kappa shape index (κ3) is 3.93. The Morgan fingerprint density at radius 1 is 1.08 bits per heavy atom. The molecule has 0 heterocycles. The summed E-state index contributed by atoms with van der Waals surface area (Å²) in [5, 5.41) is 0. The van der Waals surface area contributed by atoms with E-state index in [1.165, 1.54) is 0 Å². The Balaban J connectivity index is 1.59. The molecule has 0 bridgehead atoms. The van der Waals surface area contributed by atoms with Crippen molar-refractivity contribution in [3.63, 3.8) is 0 Å². The number of para-hydroxylation sites is 1. The van der Waals surface area contributed by atoms with Crippen molar-refractivity contribution in [2.24, 2.45) is 17.3 Å². The maximum Gasteiger partial charge on any atom is 0.310 e. The first-order chi connectivity index (χ1) is 12.0. The van der Waals surface area contributed by atoms with Crippen molar-refractivity contribution in [3.8, 4) is 11.5 Å². The number of carbonyl (C=O) groups is 1. The predicted molar refractivity (Wildman–Crippen MR) is 98.3 cm³/mol. The Kier molecular flexibility index (Phi) is 4.93. The molecule has 1 aliphatic carbocycles. The Labute approximate surface area is 149 Å². The van der Waals surface area contributed by atoms with E-state index < -0.39 is 0 Å². The maximum absolute atomic E-state index is 12.4. The van der Waals surface area contributed by atoms with E-state index in [2.05, 4.69) is 19.9 Å². The Morgan fingerprint density at radius 2 is 1.80 bits per heavy atom. The fraction of sp³-hybridized carbons (Fsp3) is 0.318. The number of rotatable bonds is 6. The Bertz CT molecular complexity index is 762. The summed E-state index contributed by atoms with van der Waals surface area (Å²) >= 11 is 0. The van der Waals surface area contributed by atoms with Crippen LogP contribution in [-0.2, 0) is 16.1 Å². The van der Waals surface area contributed by atoms with Crippen LogP contribution in [0.15, 0.2) is 66.7 Å². The van der Waals surface area contributed by atoms with Gasteiger partial charge in [-0.1, -0.05) is 56.3 Å². The van der Waals surface area contributed by atoms with Crippen LogP contribution in [0.5, 0.6) is 11.5 Å². The molecule has 1 aliphatic rings. The summed E-state index contributed by atoms with van der Waals surface area (Å²) in [6.07, 6.45) is 4.10. The van der Waals surface area contributed by atoms with E-state index in [4.69, 9.17) is 9.47 Å². The second-order valence-corrected chi connectivity index (χ2v) is 7.02. The van der Waals surface area contributed by atoms with Gasteiger partial charge in [-0.3, -0.25) is 4.79 Å². The van der Waals surface area contributed by atoms with Crippen LogP contribution < -0.4 is 4.74 Å². The van der Waals surface area contributed by atoms with Gasteiger partial charge in [0.2, 0.25) is 0 Å². The second-order valence-electron chi connectivity index (χ2n) is 7.02. The zero-order chi connectivity index (χ0) is 17.9. The molecule has 0 spiro atoms. The molecule has 3 heteroatoms. The second kappa shape index (κ2) is 7.14. The molecular formula is C22H24O3. The topological polar surface area (TPSA) is 35.5 Å². The van der Waals surface area contributed by atoms with E-state index in [1.54, 1.807) is 0 Å². The number of benzene rings is 2. The SMILES string of the molecule is C/C=C\C1C(C(=O)OCc2cccc(Oc3ccccc3)c2)C1(C)C. The molecule has 0 amide bonds. The lowest BCUT2D eigenvalue weighted by Crippen LogP contribution is -2.10. The van der Waals surface area contributed by atoms with Gasteiger partial charge in [-0.15, -0.1) is 0 Å². The average molecular weight is 336 g/mol. The molecule has 2 aromatic carbocycles. The summed E-state index contributed by atoms with van der Waals surface area (Å²) in [7, 11) is 0. The van der Waals surface area contributed by atoms with E-state index in [1.807, 2.05) is 67.6 Å². The number of carbonyl (C=O) groups excluding carboxylic acids is 1. The zero-order valence-electron chi connectivity index (χ0n) is 14.9. The van der Waals surface area contributed by atoms with Gasteiger partial charge in [0.05, 0.1) is 5.92 Å². The number of esters is 1. The molecule has 0 aliphatic heterocycles. The van der Waals surface area contributed by atoms with Crippen LogP contribution in [0.25, 0.3) is 0 Å². The van der Waals surface area contributed by atoms with Gasteiger partial charge in [-0.25, -0.2) is 0 Å². The van der Waals surface area contributed by atoms with Crippen LogP contribution in [0.4, 0.5) is 0 Å². The van der Waals surface area contributed by atoms with Crippen LogP contribution in [0.2, 0.25) is 0 Å². The highest BCUT2D eigenvalue weighted by Crippen LogP contribution is 2.59. The van der Waals surface area contributed by atoms with E-state index in [0.717, 1.165) is 17.1 Å². The van der Waals surface area contributed by atoms with Gasteiger partial charge in [-0.05, 0) is 48.1 Å². The van der Waals surface area contributed by atoms with E-state index in [-0.39, 0.29) is 29.8 Å². The lowest BCUT2D eigenvalue weighted by atomic mass is 10.1. The Morgan fingerprint density at radius 3 is 2.52 bits per heavy atom. The number of ether oxygens (including phenoxy) is 2. The fourth-order valence-corrected chi connectivity index (χ4v) is 3.26. The van der Waals surface area contributed by atoms with Crippen molar-refractivity contribution in [2.45, 2.75) is 27.4 Å². The van der Waals surface area contributed by atoms with Crippen molar-refractivity contribution >= 4 is 5.97 Å². The van der Waals surface area contributed by atoms with Gasteiger partial charge >= 0.3 is 5.97 Å². The molecule has 0 aromatic heterocycles. The smallest absolute Gasteiger partial charge is 0.310 e. The average Bonchev–Trinajstić information content (AvgIpc) is 3.15. The minimum Gasteiger partial charge on any atom is -0.461 e. The van der Waals surface area contributed by atoms with Crippen LogP contribution in [0, 0.1) is 17.3 Å². The Hall–Kier alpha value is -2.55. The van der Waals surface area contributed by atoms with Crippen LogP contribution in [-0.4, -0.2) is 5.97 Å². The summed E-state index contributed by atoms with van der Waals surface area (Å²) in [4.78, 5) is 12.4. The number of hydrogen-bond acceptors (Lipinski definition) is 3. The van der Waals surface area contributed by atoms with Crippen molar-refractivity contribution < 1.29 is 14.3 Å². The summed E-state index contributed by atoms with van der Waals surface area (Å²) < 4.78 is 11.4. The lowest BCUT2D eigenvalue weighted by Gasteiger charge is -2.09. The fourth-order valence-electron chi connectivity index (χ4n) is 3.26. The zero-order valence-corrected chi connectivity index (χ0v) is 14.9. The van der Waals surface area contributed by atoms with Crippen molar-refractivity contribution in [1.82, 2.24) is 0 Å². The number of allylic oxidation sites excluding steroid dienone is 2. The van der Waals surface area contributed by atoms with E-state index in [9.17, 15) is 4.79 Å². The molecule has 2 unspecified atom stereocenters. The lowest BCUT2D eigenvalue weighted by molar-refractivity contribution is -0.147. The van der Waals surface area contributed by atoms with E-state index >= 15 is 0 Å². The molecule has 1 saturated carbocycles. The van der Waals surface area contributed by atoms with Crippen LogP contribution in [0.1, 0.15) is 26.3 Å². The van der Waals surface area contributed by atoms with Crippen molar-refractivity contribution in [2.75, 3.05) is 0 Å². The highest BCUT2D eigenvalue weighted by Gasteiger charge is 2.61. The third-order valence-electron chi connectivity index (χ3n) is 4.82. The van der Waals surface area contributed by atoms with E-state index in [0.29, 0.717) is 0 Å². The highest BCUT2D eigenvalue weighted by atomic mass is 16.5. The summed E-state index contributed by atoms with van der Waals surface area (Å²) in [6, 6.07) is 17.3. The van der Waals surface area contributed by atoms with Gasteiger partial charge < -0.3 is 9.47 Å². The minimum atomic E-state index is -0.123. The summed E-state index contributed by atoms with van der Waals surface area (Å²) in [6.45, 7) is 6.46. The van der Waals surface area contributed by atoms with Gasteiger partial charge in [0.15, 0.2) is 0 Å². The van der Waals surface area contributed by atoms with Gasteiger partial charge in [-0.2, -0.15) is 0 Å². The minimum absolute atomic E-state index is 0.0120. The standard InChI is InChI=1S/C22H24O3/c1-4-9-19-20(22(19,2)3)21(23)24-15-16-10-8-13-18(14-16)25-17-11-6-5-7-12-17/h4-14,19-20H,15H2,1-3H3/b9-4-. The van der Waals surface area contributed by atoms with Crippen LogP contribution >= 0.6 is 0 Å². The third-order valence-corrected chi connectivity index (χ3v) is 4.82. The van der Waals surface area contributed by atoms with Gasteiger partial charge in [0.25, 0.3) is 0 Å². The number of hydrogen-bond donors (Lipinski definition) is 0. The largest absolute Gasteiger partial charge is 0.461 e. The predicted octanol–water partition coefficient (Wildman–Crippen LogP) is 5.37. The molecular weight excluding hydrogens is 312 g/mol. The highest BCUT2D eigenvalue weighted by molar-refractivity contribution is 5.78. The maximum atomic E-state index is 12.4. The molecule has 3 rings (SSSR count). The summed E-state index contributed by atoms with van der Waals surface area (Å²) in [5.74, 6) is 1.62. The summed E-state index contributed by atoms with van der Waals surface area (Å²) in [5.41, 5.74) is 0.907. The molecule has 25 heavy (non-hydrogen) atoms. The van der Waals surface area contributed by atoms with Gasteiger partial charge in [0, 0.05) is 0 Å². The molecule has 0 N–H and O–H groups in total. The molecule has 2 atom stereocenters. The molecule has 2 aromatic rings. The normalized spacial score (nSPS) is 21.1. The van der Waals surface area contributed by atoms with Gasteiger partial charge in [0.1, 0.15) is 18.1 Å². The quantitative estimate of drug-likeness (QED) is 0.525. The molecule has 130 valence electrons. The first-order valence-corrected chi connectivity index (χ1v) is 8.63.